The summed E-state index contributed by atoms with van der Waals surface area (Å²) in [6.45, 7) is 0.111. The van der Waals surface area contributed by atoms with Crippen LogP contribution in [0.2, 0.25) is 0 Å². The van der Waals surface area contributed by atoms with Crippen molar-refractivity contribution in [1.82, 2.24) is 30.2 Å². The number of rotatable bonds is 7. The van der Waals surface area contributed by atoms with Crippen LogP contribution in [0.15, 0.2) is 70.0 Å². The van der Waals surface area contributed by atoms with E-state index in [1.807, 2.05) is 0 Å². The maximum atomic E-state index is 12.9. The summed E-state index contributed by atoms with van der Waals surface area (Å²) in [5.41, 5.74) is 2.34. The number of halogens is 3. The number of carbonyl (C=O) groups is 2. The number of H-pyrrole nitrogens is 1. The van der Waals surface area contributed by atoms with Gasteiger partial charge in [-0.25, -0.2) is 14.3 Å². The third-order valence-electron chi connectivity index (χ3n) is 5.37. The number of aromatic amines is 1. The highest BCUT2D eigenvalue weighted by Crippen LogP contribution is 2.22. The normalized spacial score (nSPS) is 11.6. The number of aromatic nitrogens is 4. The second-order valence-corrected chi connectivity index (χ2v) is 8.03. The molecule has 5 rings (SSSR count). The van der Waals surface area contributed by atoms with E-state index >= 15 is 0 Å². The third-order valence-corrected chi connectivity index (χ3v) is 5.37. The van der Waals surface area contributed by atoms with Crippen molar-refractivity contribution >= 4 is 28.6 Å². The lowest BCUT2D eigenvalue weighted by atomic mass is 10.2. The summed E-state index contributed by atoms with van der Waals surface area (Å²) in [5, 5.41) is 9.43. The molecule has 0 spiro atoms. The van der Waals surface area contributed by atoms with E-state index in [0.29, 0.717) is 22.2 Å². The molecule has 5 aromatic rings. The van der Waals surface area contributed by atoms with Crippen LogP contribution in [0.25, 0.3) is 16.7 Å². The van der Waals surface area contributed by atoms with Crippen molar-refractivity contribution in [3.8, 4) is 5.75 Å². The number of carbonyl (C=O) groups excluding carboxylic acids is 2. The van der Waals surface area contributed by atoms with Crippen LogP contribution in [0.5, 0.6) is 5.75 Å². The van der Waals surface area contributed by atoms with Crippen molar-refractivity contribution in [3.05, 3.63) is 93.9 Å². The first kappa shape index (κ1) is 24.5. The number of benzene rings is 2. The van der Waals surface area contributed by atoms with E-state index in [2.05, 4.69) is 30.4 Å². The fourth-order valence-electron chi connectivity index (χ4n) is 3.65. The average molecular weight is 526 g/mol. The molecule has 3 aromatic heterocycles. The Morgan fingerprint density at radius 1 is 0.974 bits per heavy atom. The molecule has 0 aliphatic heterocycles. The maximum Gasteiger partial charge on any atom is 0.573 e. The van der Waals surface area contributed by atoms with Gasteiger partial charge in [-0.3, -0.25) is 14.6 Å². The van der Waals surface area contributed by atoms with Gasteiger partial charge in [0.2, 0.25) is 0 Å². The minimum atomic E-state index is -4.80. The molecule has 11 nitrogen and oxygen atoms in total. The molecule has 0 radical (unpaired) electrons. The molecule has 0 bridgehead atoms. The predicted octanol–water partition coefficient (Wildman–Crippen LogP) is 2.92. The Labute approximate surface area is 210 Å². The van der Waals surface area contributed by atoms with Gasteiger partial charge in [-0.05, 0) is 35.4 Å². The Morgan fingerprint density at radius 3 is 2.45 bits per heavy atom. The minimum Gasteiger partial charge on any atom is -0.408 e. The highest BCUT2D eigenvalue weighted by molar-refractivity contribution is 5.98. The number of alkyl halides is 3. The Morgan fingerprint density at radius 2 is 1.68 bits per heavy atom. The molecular weight excluding hydrogens is 509 g/mol. The van der Waals surface area contributed by atoms with Crippen molar-refractivity contribution in [1.29, 1.82) is 0 Å². The van der Waals surface area contributed by atoms with E-state index in [9.17, 15) is 27.6 Å². The van der Waals surface area contributed by atoms with Gasteiger partial charge in [-0.1, -0.05) is 18.2 Å². The van der Waals surface area contributed by atoms with Gasteiger partial charge < -0.3 is 19.8 Å². The summed E-state index contributed by atoms with van der Waals surface area (Å²) in [7, 11) is 0. The second kappa shape index (κ2) is 9.72. The van der Waals surface area contributed by atoms with Crippen molar-refractivity contribution in [2.75, 3.05) is 0 Å². The summed E-state index contributed by atoms with van der Waals surface area (Å²) >= 11 is 0. The van der Waals surface area contributed by atoms with E-state index in [-0.39, 0.29) is 35.9 Å². The van der Waals surface area contributed by atoms with Gasteiger partial charge in [-0.2, -0.15) is 5.10 Å². The largest absolute Gasteiger partial charge is 0.573 e. The molecule has 3 heterocycles. The lowest BCUT2D eigenvalue weighted by molar-refractivity contribution is -0.274. The molecule has 3 N–H and O–H groups in total. The summed E-state index contributed by atoms with van der Waals surface area (Å²) in [6.07, 6.45) is -3.38. The van der Waals surface area contributed by atoms with Crippen LogP contribution in [0.3, 0.4) is 0 Å². The van der Waals surface area contributed by atoms with Gasteiger partial charge >= 0.3 is 12.1 Å². The van der Waals surface area contributed by atoms with Crippen molar-refractivity contribution < 1.29 is 31.9 Å². The summed E-state index contributed by atoms with van der Waals surface area (Å²) < 4.78 is 47.0. The van der Waals surface area contributed by atoms with Crippen LogP contribution < -0.4 is 21.1 Å². The molecule has 194 valence electrons. The van der Waals surface area contributed by atoms with E-state index in [4.69, 9.17) is 4.42 Å². The van der Waals surface area contributed by atoms with Gasteiger partial charge in [0.05, 0.1) is 11.7 Å². The zero-order chi connectivity index (χ0) is 26.9. The number of amides is 2. The number of fused-ring (bicyclic) bond motifs is 2. The molecular formula is C24H17F3N6O5. The van der Waals surface area contributed by atoms with E-state index in [1.165, 1.54) is 35.0 Å². The highest BCUT2D eigenvalue weighted by Gasteiger charge is 2.31. The smallest absolute Gasteiger partial charge is 0.408 e. The van der Waals surface area contributed by atoms with Crippen molar-refractivity contribution in [3.63, 3.8) is 0 Å². The number of hydrogen-bond donors (Lipinski definition) is 3. The van der Waals surface area contributed by atoms with Crippen LogP contribution >= 0.6 is 0 Å². The molecule has 14 heteroatoms. The molecule has 2 aromatic carbocycles. The Hall–Kier alpha value is -5.14. The van der Waals surface area contributed by atoms with Crippen molar-refractivity contribution in [2.45, 2.75) is 19.5 Å². The minimum absolute atomic E-state index is 0.00364. The number of oxazole rings is 1. The first-order valence-corrected chi connectivity index (χ1v) is 11.0. The van der Waals surface area contributed by atoms with Crippen LogP contribution in [0.1, 0.15) is 32.1 Å². The Kier molecular flexibility index (Phi) is 6.28. The summed E-state index contributed by atoms with van der Waals surface area (Å²) in [6, 6.07) is 12.8. The molecule has 38 heavy (non-hydrogen) atoms. The maximum absolute atomic E-state index is 12.9. The molecule has 0 saturated carbocycles. The second-order valence-electron chi connectivity index (χ2n) is 8.03. The van der Waals surface area contributed by atoms with Crippen LogP contribution in [-0.4, -0.2) is 37.8 Å². The highest BCUT2D eigenvalue weighted by atomic mass is 19.4. The first-order chi connectivity index (χ1) is 18.1. The van der Waals surface area contributed by atoms with Gasteiger partial charge in [-0.15, -0.1) is 13.2 Å². The molecule has 0 atom stereocenters. The zero-order valence-electron chi connectivity index (χ0n) is 19.2. The van der Waals surface area contributed by atoms with Crippen LogP contribution in [0.4, 0.5) is 13.2 Å². The number of nitrogens with zero attached hydrogens (tertiary/aromatic N) is 3. The molecule has 2 amide bonds. The first-order valence-electron chi connectivity index (χ1n) is 11.0. The van der Waals surface area contributed by atoms with Gasteiger partial charge in [0.15, 0.2) is 11.2 Å². The average Bonchev–Trinajstić information content (AvgIpc) is 3.50. The molecule has 0 fully saturated rings. The number of hydrogen-bond acceptors (Lipinski definition) is 7. The quantitative estimate of drug-likeness (QED) is 0.296. The van der Waals surface area contributed by atoms with E-state index in [0.717, 1.165) is 12.1 Å². The van der Waals surface area contributed by atoms with Crippen LogP contribution in [-0.2, 0) is 13.1 Å². The molecule has 0 aliphatic carbocycles. The van der Waals surface area contributed by atoms with Gasteiger partial charge in [0.1, 0.15) is 17.1 Å². The van der Waals surface area contributed by atoms with Crippen LogP contribution in [0, 0.1) is 0 Å². The van der Waals surface area contributed by atoms with Crippen molar-refractivity contribution in [2.24, 2.45) is 0 Å². The molecule has 0 unspecified atom stereocenters. The Bertz CT molecular complexity index is 1700. The lowest BCUT2D eigenvalue weighted by Gasteiger charge is -2.11. The fourth-order valence-corrected chi connectivity index (χ4v) is 3.65. The topological polar surface area (TPSA) is 144 Å². The van der Waals surface area contributed by atoms with Gasteiger partial charge in [0, 0.05) is 25.2 Å². The Balaban J connectivity index is 1.28. The number of ether oxygens (including phenoxy) is 1. The zero-order valence-corrected chi connectivity index (χ0v) is 19.2. The standard InChI is InChI=1S/C24H17F3N6O5/c25-24(26,27)38-15-4-1-13(2-5-15)11-29-22(35)18-10-17(31-20-7-8-30-33(18)20)21(34)28-12-14-3-6-19-16(9-14)32-23(36)37-19/h1-10H,11-12H2,(H,28,34)(H,29,35)(H,32,36). The molecule has 0 aliphatic rings. The van der Waals surface area contributed by atoms with E-state index < -0.39 is 23.9 Å². The molecule has 0 saturated heterocycles. The van der Waals surface area contributed by atoms with Gasteiger partial charge in [0.25, 0.3) is 11.8 Å². The predicted molar refractivity (Wildman–Crippen MR) is 125 cm³/mol. The SMILES string of the molecule is O=C(NCc1ccc2oc(=O)[nH]c2c1)c1cc(C(=O)NCc2ccc(OC(F)(F)F)cc2)n2nccc2n1. The summed E-state index contributed by atoms with van der Waals surface area (Å²) in [5.74, 6) is -2.10. The van der Waals surface area contributed by atoms with E-state index in [1.54, 1.807) is 18.2 Å². The summed E-state index contributed by atoms with van der Waals surface area (Å²) in [4.78, 5) is 43.9. The lowest BCUT2D eigenvalue weighted by Crippen LogP contribution is -2.28. The number of nitrogens with one attached hydrogen (secondary N) is 3. The monoisotopic (exact) mass is 526 g/mol. The third kappa shape index (κ3) is 5.48. The fraction of sp³-hybridized carbons (Fsp3) is 0.125.